The largest absolute Gasteiger partial charge is 0.416 e. The number of rotatable bonds is 9. The van der Waals surface area contributed by atoms with E-state index in [2.05, 4.69) is 25.7 Å². The van der Waals surface area contributed by atoms with Crippen LogP contribution in [0.3, 0.4) is 0 Å². The summed E-state index contributed by atoms with van der Waals surface area (Å²) in [6.45, 7) is 3.67. The minimum absolute atomic E-state index is 0.295. The molecule has 2 atom stereocenters. The number of carbonyl (C=O) groups excluding carboxylic acids is 1. The quantitative estimate of drug-likeness (QED) is 0.165. The molecule has 1 aliphatic carbocycles. The van der Waals surface area contributed by atoms with Gasteiger partial charge in [0.05, 0.1) is 41.5 Å². The molecule has 1 amide bonds. The molecular weight excluding hydrogens is 569 g/mol. The average Bonchev–Trinajstić information content (AvgIpc) is 3.75. The summed E-state index contributed by atoms with van der Waals surface area (Å²) < 4.78 is 41.3. The van der Waals surface area contributed by atoms with E-state index in [9.17, 15) is 23.1 Å². The second kappa shape index (κ2) is 11.7. The van der Waals surface area contributed by atoms with Gasteiger partial charge in [-0.1, -0.05) is 30.3 Å². The second-order valence-corrected chi connectivity index (χ2v) is 11.3. The fraction of sp³-hybridized carbons (Fsp3) is 0.273. The number of halogens is 3. The van der Waals surface area contributed by atoms with Crippen LogP contribution < -0.4 is 10.6 Å². The first-order valence-corrected chi connectivity index (χ1v) is 14.4. The summed E-state index contributed by atoms with van der Waals surface area (Å²) in [4.78, 5) is 22.2. The van der Waals surface area contributed by atoms with Crippen LogP contribution in [-0.4, -0.2) is 36.9 Å². The van der Waals surface area contributed by atoms with Crippen LogP contribution in [0.4, 0.5) is 30.5 Å². The third kappa shape index (κ3) is 6.57. The first kappa shape index (κ1) is 29.3. The highest BCUT2D eigenvalue weighted by atomic mass is 19.4. The van der Waals surface area contributed by atoms with E-state index in [1.54, 1.807) is 37.1 Å². The SMILES string of the molecule is CC(O)Cn1cc(Nc2ncc3cc(-c4cc(NC(=O)C(C)c5cccc(C(F)(F)F)c5)ccc4C4CC4)ccc3n2)cn1. The first-order valence-electron chi connectivity index (χ1n) is 14.4. The van der Waals surface area contributed by atoms with Crippen molar-refractivity contribution in [3.63, 3.8) is 0 Å². The van der Waals surface area contributed by atoms with Gasteiger partial charge >= 0.3 is 6.18 Å². The molecule has 2 aromatic heterocycles. The third-order valence-corrected chi connectivity index (χ3v) is 7.68. The molecule has 11 heteroatoms. The van der Waals surface area contributed by atoms with Crippen LogP contribution in [0.25, 0.3) is 22.0 Å². The van der Waals surface area contributed by atoms with Crippen molar-refractivity contribution in [2.24, 2.45) is 0 Å². The van der Waals surface area contributed by atoms with Crippen molar-refractivity contribution in [1.29, 1.82) is 0 Å². The van der Waals surface area contributed by atoms with Crippen molar-refractivity contribution in [2.45, 2.75) is 57.3 Å². The van der Waals surface area contributed by atoms with E-state index in [1.807, 2.05) is 36.4 Å². The molecule has 1 aliphatic rings. The molecule has 2 unspecified atom stereocenters. The number of hydrogen-bond donors (Lipinski definition) is 3. The monoisotopic (exact) mass is 600 g/mol. The zero-order chi connectivity index (χ0) is 31.0. The van der Waals surface area contributed by atoms with Gasteiger partial charge in [0.2, 0.25) is 11.9 Å². The Morgan fingerprint density at radius 1 is 1.05 bits per heavy atom. The van der Waals surface area contributed by atoms with Gasteiger partial charge in [-0.3, -0.25) is 9.48 Å². The smallest absolute Gasteiger partial charge is 0.391 e. The molecule has 1 saturated carbocycles. The van der Waals surface area contributed by atoms with Crippen LogP contribution in [0.2, 0.25) is 0 Å². The normalized spacial score (nSPS) is 14.8. The van der Waals surface area contributed by atoms with Crippen molar-refractivity contribution in [2.75, 3.05) is 10.6 Å². The molecule has 0 spiro atoms. The zero-order valence-electron chi connectivity index (χ0n) is 24.1. The lowest BCUT2D eigenvalue weighted by Gasteiger charge is -2.17. The third-order valence-electron chi connectivity index (χ3n) is 7.68. The Balaban J connectivity index is 1.23. The molecule has 3 N–H and O–H groups in total. The van der Waals surface area contributed by atoms with Crippen LogP contribution in [0.1, 0.15) is 55.2 Å². The number of nitrogens with one attached hydrogen (secondary N) is 2. The van der Waals surface area contributed by atoms with E-state index in [0.717, 1.165) is 47.0 Å². The lowest BCUT2D eigenvalue weighted by atomic mass is 9.94. The van der Waals surface area contributed by atoms with Gasteiger partial charge in [0.15, 0.2) is 0 Å². The van der Waals surface area contributed by atoms with Gasteiger partial charge in [0.1, 0.15) is 0 Å². The van der Waals surface area contributed by atoms with Crippen molar-refractivity contribution in [3.05, 3.63) is 95.9 Å². The van der Waals surface area contributed by atoms with Crippen molar-refractivity contribution in [1.82, 2.24) is 19.7 Å². The minimum Gasteiger partial charge on any atom is -0.391 e. The molecule has 0 radical (unpaired) electrons. The summed E-state index contributed by atoms with van der Waals surface area (Å²) in [5.41, 5.74) is 4.65. The Hall–Kier alpha value is -4.77. The molecule has 226 valence electrons. The summed E-state index contributed by atoms with van der Waals surface area (Å²) in [7, 11) is 0. The predicted molar refractivity (Wildman–Crippen MR) is 163 cm³/mol. The lowest BCUT2D eigenvalue weighted by molar-refractivity contribution is -0.137. The van der Waals surface area contributed by atoms with Crippen molar-refractivity contribution >= 4 is 34.1 Å². The van der Waals surface area contributed by atoms with Crippen LogP contribution in [0.15, 0.2) is 79.3 Å². The Morgan fingerprint density at radius 2 is 1.86 bits per heavy atom. The van der Waals surface area contributed by atoms with Crippen molar-refractivity contribution in [3.8, 4) is 11.1 Å². The number of fused-ring (bicyclic) bond motifs is 1. The van der Waals surface area contributed by atoms with Gasteiger partial charge < -0.3 is 15.7 Å². The van der Waals surface area contributed by atoms with E-state index < -0.39 is 29.7 Å². The number of aliphatic hydroxyl groups excluding tert-OH is 1. The fourth-order valence-electron chi connectivity index (χ4n) is 5.21. The number of aromatic nitrogens is 4. The van der Waals surface area contributed by atoms with Gasteiger partial charge in [-0.05, 0) is 85.2 Å². The molecule has 2 heterocycles. The van der Waals surface area contributed by atoms with E-state index in [4.69, 9.17) is 0 Å². The first-order chi connectivity index (χ1) is 21.0. The summed E-state index contributed by atoms with van der Waals surface area (Å²) in [6, 6.07) is 16.6. The highest BCUT2D eigenvalue weighted by Gasteiger charge is 2.31. The van der Waals surface area contributed by atoms with Gasteiger partial charge in [-0.15, -0.1) is 0 Å². The zero-order valence-corrected chi connectivity index (χ0v) is 24.1. The second-order valence-electron chi connectivity index (χ2n) is 11.3. The molecular formula is C33H31F3N6O2. The molecule has 0 aliphatic heterocycles. The maximum atomic E-state index is 13.2. The Morgan fingerprint density at radius 3 is 2.61 bits per heavy atom. The average molecular weight is 601 g/mol. The van der Waals surface area contributed by atoms with E-state index in [-0.39, 0.29) is 0 Å². The lowest BCUT2D eigenvalue weighted by Crippen LogP contribution is -2.19. The number of hydrogen-bond acceptors (Lipinski definition) is 6. The number of amides is 1. The maximum Gasteiger partial charge on any atom is 0.416 e. The van der Waals surface area contributed by atoms with Crippen LogP contribution in [0.5, 0.6) is 0 Å². The summed E-state index contributed by atoms with van der Waals surface area (Å²) >= 11 is 0. The molecule has 0 bridgehead atoms. The van der Waals surface area contributed by atoms with E-state index in [0.29, 0.717) is 35.3 Å². The Labute approximate surface area is 252 Å². The molecule has 6 rings (SSSR count). The van der Waals surface area contributed by atoms with Gasteiger partial charge in [-0.2, -0.15) is 18.3 Å². The number of carbonyl (C=O) groups is 1. The summed E-state index contributed by atoms with van der Waals surface area (Å²) in [5.74, 6) is -0.318. The van der Waals surface area contributed by atoms with Gasteiger partial charge in [0, 0.05) is 23.5 Å². The van der Waals surface area contributed by atoms with Gasteiger partial charge in [0.25, 0.3) is 0 Å². The Kier molecular flexibility index (Phi) is 7.81. The van der Waals surface area contributed by atoms with Crippen LogP contribution in [0, 0.1) is 0 Å². The van der Waals surface area contributed by atoms with Crippen LogP contribution in [-0.2, 0) is 17.5 Å². The maximum absolute atomic E-state index is 13.2. The highest BCUT2D eigenvalue weighted by Crippen LogP contribution is 2.45. The number of anilines is 3. The molecule has 8 nitrogen and oxygen atoms in total. The molecule has 44 heavy (non-hydrogen) atoms. The highest BCUT2D eigenvalue weighted by molar-refractivity contribution is 5.96. The van der Waals surface area contributed by atoms with Crippen LogP contribution >= 0.6 is 0 Å². The predicted octanol–water partition coefficient (Wildman–Crippen LogP) is 7.26. The minimum atomic E-state index is -4.48. The number of benzene rings is 3. The summed E-state index contributed by atoms with van der Waals surface area (Å²) in [6.07, 6.45) is 2.34. The standard InChI is InChI=1S/C33H31F3N6O2/c1-19(43)17-42-18-27(16-38-42)40-32-37-15-24-12-23(8-11-30(24)41-32)29-14-26(9-10-28(29)21-6-7-21)39-31(44)20(2)22-4-3-5-25(13-22)33(34,35)36/h3-5,8-16,18-21,43H,6-7,17H2,1-2H3,(H,39,44)(H,37,40,41). The Bertz CT molecular complexity index is 1830. The number of aliphatic hydroxyl groups is 1. The molecule has 1 fully saturated rings. The number of alkyl halides is 3. The molecule has 3 aromatic carbocycles. The van der Waals surface area contributed by atoms with Gasteiger partial charge in [-0.25, -0.2) is 9.97 Å². The van der Waals surface area contributed by atoms with Crippen molar-refractivity contribution < 1.29 is 23.1 Å². The molecule has 0 saturated heterocycles. The molecule has 5 aromatic rings. The fourth-order valence-corrected chi connectivity index (χ4v) is 5.21. The number of nitrogens with zero attached hydrogens (tertiary/aromatic N) is 4. The van der Waals surface area contributed by atoms with E-state index >= 15 is 0 Å². The summed E-state index contributed by atoms with van der Waals surface area (Å²) in [5, 5.41) is 20.7. The van der Waals surface area contributed by atoms with E-state index in [1.165, 1.54) is 17.7 Å². The topological polar surface area (TPSA) is 105 Å².